The summed E-state index contributed by atoms with van der Waals surface area (Å²) in [7, 11) is 0. The number of amides is 1. The van der Waals surface area contributed by atoms with Crippen molar-refractivity contribution >= 4 is 23.7 Å². The molecule has 1 fully saturated rings. The number of hydrogen-bond acceptors (Lipinski definition) is 8. The smallest absolute Gasteiger partial charge is 0.407 e. The number of nitrogens with one attached hydrogen (secondary N) is 1. The minimum atomic E-state index is -1.36. The number of cyclic esters (lactones) is 2. The highest BCUT2D eigenvalue weighted by Crippen LogP contribution is 2.27. The van der Waals surface area contributed by atoms with Crippen LogP contribution in [-0.4, -0.2) is 40.4 Å². The van der Waals surface area contributed by atoms with Gasteiger partial charge in [0.2, 0.25) is 0 Å². The fourth-order valence-corrected chi connectivity index (χ4v) is 3.15. The molecule has 31 heavy (non-hydrogen) atoms. The number of hydrogen-bond donors (Lipinski definition) is 1. The average molecular weight is 436 g/mol. The van der Waals surface area contributed by atoms with Crippen LogP contribution < -0.4 is 5.32 Å². The van der Waals surface area contributed by atoms with Crippen molar-refractivity contribution in [3.8, 4) is 0 Å². The van der Waals surface area contributed by atoms with Gasteiger partial charge in [0.25, 0.3) is 11.5 Å². The first-order valence-corrected chi connectivity index (χ1v) is 9.86. The van der Waals surface area contributed by atoms with Crippen molar-refractivity contribution in [2.24, 2.45) is 5.92 Å². The zero-order valence-electron chi connectivity index (χ0n) is 18.5. The molecule has 0 bridgehead atoms. The van der Waals surface area contributed by atoms with Crippen LogP contribution in [0.4, 0.5) is 10.5 Å². The van der Waals surface area contributed by atoms with Gasteiger partial charge in [0, 0.05) is 31.5 Å². The van der Waals surface area contributed by atoms with Gasteiger partial charge in [-0.3, -0.25) is 19.7 Å². The molecule has 0 saturated carbocycles. The lowest BCUT2D eigenvalue weighted by Gasteiger charge is -2.34. The van der Waals surface area contributed by atoms with E-state index in [-0.39, 0.29) is 18.5 Å². The minimum absolute atomic E-state index is 0.0632. The maximum atomic E-state index is 12.4. The highest BCUT2D eigenvalue weighted by Gasteiger charge is 2.44. The van der Waals surface area contributed by atoms with Crippen LogP contribution in [0.1, 0.15) is 52.2 Å². The van der Waals surface area contributed by atoms with E-state index in [1.807, 2.05) is 0 Å². The molecule has 10 heteroatoms. The van der Waals surface area contributed by atoms with Gasteiger partial charge in [-0.25, -0.2) is 4.79 Å². The number of nitro groups is 1. The normalized spacial score (nSPS) is 17.4. The quantitative estimate of drug-likeness (QED) is 0.311. The number of carbonyl (C=O) groups excluding carboxylic acids is 3. The van der Waals surface area contributed by atoms with Gasteiger partial charge in [-0.2, -0.15) is 0 Å². The zero-order chi connectivity index (χ0) is 23.6. The number of esters is 2. The van der Waals surface area contributed by atoms with E-state index in [0.717, 1.165) is 0 Å². The Bertz CT molecular complexity index is 868. The molecule has 1 atom stereocenters. The molecular formula is C21H28N2O8. The second-order valence-electron chi connectivity index (χ2n) is 8.96. The fraction of sp³-hybridized carbons (Fsp3) is 0.571. The molecule has 0 spiro atoms. The first-order valence-electron chi connectivity index (χ1n) is 9.86. The molecule has 10 nitrogen and oxygen atoms in total. The number of nitro benzene ring substituents is 1. The summed E-state index contributed by atoms with van der Waals surface area (Å²) in [5.74, 6) is -4.12. The van der Waals surface area contributed by atoms with E-state index in [1.165, 1.54) is 19.9 Å². The first kappa shape index (κ1) is 24.1. The van der Waals surface area contributed by atoms with Crippen LogP contribution in [0.15, 0.2) is 18.2 Å². The third kappa shape index (κ3) is 6.94. The largest absolute Gasteiger partial charge is 0.444 e. The maximum Gasteiger partial charge on any atom is 0.407 e. The van der Waals surface area contributed by atoms with Gasteiger partial charge in [0.05, 0.1) is 4.92 Å². The van der Waals surface area contributed by atoms with Gasteiger partial charge in [-0.05, 0) is 46.1 Å². The van der Waals surface area contributed by atoms with Gasteiger partial charge >= 0.3 is 18.0 Å². The van der Waals surface area contributed by atoms with Crippen molar-refractivity contribution in [3.63, 3.8) is 0 Å². The Kier molecular flexibility index (Phi) is 6.93. The van der Waals surface area contributed by atoms with Crippen molar-refractivity contribution in [1.82, 2.24) is 5.32 Å². The zero-order valence-corrected chi connectivity index (χ0v) is 18.5. The monoisotopic (exact) mass is 436 g/mol. The highest BCUT2D eigenvalue weighted by atomic mass is 16.7. The van der Waals surface area contributed by atoms with Crippen LogP contribution in [-0.2, 0) is 30.2 Å². The van der Waals surface area contributed by atoms with E-state index in [9.17, 15) is 24.5 Å². The summed E-state index contributed by atoms with van der Waals surface area (Å²) in [6.07, 6.45) is -0.729. The van der Waals surface area contributed by atoms with Gasteiger partial charge in [-0.15, -0.1) is 0 Å². The number of ether oxygens (including phenoxy) is 3. The van der Waals surface area contributed by atoms with E-state index < -0.39 is 46.3 Å². The number of aryl methyl sites for hydroxylation is 1. The molecule has 0 radical (unpaired) electrons. The van der Waals surface area contributed by atoms with Crippen molar-refractivity contribution in [1.29, 1.82) is 0 Å². The van der Waals surface area contributed by atoms with Gasteiger partial charge in [0.15, 0.2) is 5.92 Å². The molecule has 170 valence electrons. The summed E-state index contributed by atoms with van der Waals surface area (Å²) < 4.78 is 15.6. The molecule has 1 aliphatic heterocycles. The lowest BCUT2D eigenvalue weighted by Crippen LogP contribution is -2.49. The summed E-state index contributed by atoms with van der Waals surface area (Å²) in [6, 6.07) is 3.94. The molecule has 1 amide bonds. The van der Waals surface area contributed by atoms with E-state index in [0.29, 0.717) is 11.1 Å². The predicted octanol–water partition coefficient (Wildman–Crippen LogP) is 3.18. The average Bonchev–Trinajstić information content (AvgIpc) is 2.56. The summed E-state index contributed by atoms with van der Waals surface area (Å²) in [4.78, 5) is 47.8. The molecule has 1 heterocycles. The third-order valence-corrected chi connectivity index (χ3v) is 4.46. The van der Waals surface area contributed by atoms with Crippen molar-refractivity contribution in [2.75, 3.05) is 0 Å². The van der Waals surface area contributed by atoms with Crippen molar-refractivity contribution in [2.45, 2.75) is 71.8 Å². The van der Waals surface area contributed by atoms with Crippen molar-refractivity contribution < 1.29 is 33.5 Å². The minimum Gasteiger partial charge on any atom is -0.444 e. The van der Waals surface area contributed by atoms with Crippen LogP contribution >= 0.6 is 0 Å². The van der Waals surface area contributed by atoms with Crippen LogP contribution in [0.25, 0.3) is 0 Å². The lowest BCUT2D eigenvalue weighted by atomic mass is 9.93. The first-order chi connectivity index (χ1) is 14.2. The number of carbonyl (C=O) groups is 3. The maximum absolute atomic E-state index is 12.4. The Morgan fingerprint density at radius 3 is 2.35 bits per heavy atom. The molecule has 1 aromatic carbocycles. The fourth-order valence-electron chi connectivity index (χ4n) is 3.15. The topological polar surface area (TPSA) is 134 Å². The molecule has 1 N–H and O–H groups in total. The predicted molar refractivity (Wildman–Crippen MR) is 109 cm³/mol. The third-order valence-electron chi connectivity index (χ3n) is 4.46. The van der Waals surface area contributed by atoms with Crippen LogP contribution in [0, 0.1) is 23.0 Å². The van der Waals surface area contributed by atoms with E-state index in [2.05, 4.69) is 5.32 Å². The Balaban J connectivity index is 2.25. The standard InChI is InChI=1S/C21H28N2O8/c1-12-7-8-13(10-16(12)23(27)28)9-14(22-19(26)31-20(2,3)4)11-15-17(24)29-21(5,6)30-18(15)25/h7-8,10,14-15H,9,11H2,1-6H3,(H,22,26)/t14-/m0/s1. The lowest BCUT2D eigenvalue weighted by molar-refractivity contribution is -0.385. The van der Waals surface area contributed by atoms with E-state index in [1.54, 1.807) is 39.8 Å². The number of alkyl carbamates (subject to hydrolysis) is 1. The van der Waals surface area contributed by atoms with E-state index in [4.69, 9.17) is 14.2 Å². The Hall–Kier alpha value is -3.17. The molecule has 1 aliphatic rings. The van der Waals surface area contributed by atoms with E-state index >= 15 is 0 Å². The van der Waals surface area contributed by atoms with Crippen LogP contribution in [0.5, 0.6) is 0 Å². The van der Waals surface area contributed by atoms with Crippen LogP contribution in [0.3, 0.4) is 0 Å². The van der Waals surface area contributed by atoms with Crippen molar-refractivity contribution in [3.05, 3.63) is 39.4 Å². The number of nitrogens with zero attached hydrogens (tertiary/aromatic N) is 1. The summed E-state index contributed by atoms with van der Waals surface area (Å²) in [5, 5.41) is 13.9. The molecular weight excluding hydrogens is 408 g/mol. The molecule has 0 aliphatic carbocycles. The highest BCUT2D eigenvalue weighted by molar-refractivity contribution is 5.96. The molecule has 2 rings (SSSR count). The van der Waals surface area contributed by atoms with Gasteiger partial charge in [-0.1, -0.05) is 12.1 Å². The molecule has 0 unspecified atom stereocenters. The SMILES string of the molecule is Cc1ccc(C[C@@H](CC2C(=O)OC(C)(C)OC2=O)NC(=O)OC(C)(C)C)cc1[N+](=O)[O-]. The summed E-state index contributed by atoms with van der Waals surface area (Å²) >= 11 is 0. The van der Waals surface area contributed by atoms with Crippen LogP contribution in [0.2, 0.25) is 0 Å². The second kappa shape index (κ2) is 8.91. The Labute approximate surface area is 180 Å². The second-order valence-corrected chi connectivity index (χ2v) is 8.96. The molecule has 0 aromatic heterocycles. The number of benzene rings is 1. The number of rotatable bonds is 6. The Morgan fingerprint density at radius 1 is 1.26 bits per heavy atom. The Morgan fingerprint density at radius 2 is 1.84 bits per heavy atom. The summed E-state index contributed by atoms with van der Waals surface area (Å²) in [5.41, 5.74) is 0.222. The van der Waals surface area contributed by atoms with Gasteiger partial charge in [0.1, 0.15) is 5.60 Å². The molecule has 1 aromatic rings. The molecule has 1 saturated heterocycles. The van der Waals surface area contributed by atoms with Gasteiger partial charge < -0.3 is 19.5 Å². The summed E-state index contributed by atoms with van der Waals surface area (Å²) in [6.45, 7) is 9.60.